The molecular weight excluding hydrogens is 257 g/mol. The van der Waals surface area contributed by atoms with E-state index in [4.69, 9.17) is 5.26 Å². The van der Waals surface area contributed by atoms with Crippen LogP contribution in [-0.2, 0) is 4.79 Å². The third kappa shape index (κ3) is 3.95. The summed E-state index contributed by atoms with van der Waals surface area (Å²) in [6.07, 6.45) is 0. The molecule has 0 unspecified atom stereocenters. The van der Waals surface area contributed by atoms with Gasteiger partial charge in [-0.05, 0) is 37.5 Å². The number of benzene rings is 1. The molecule has 2 N–H and O–H groups in total. The summed E-state index contributed by atoms with van der Waals surface area (Å²) in [6, 6.07) is 6.84. The van der Waals surface area contributed by atoms with Gasteiger partial charge in [-0.2, -0.15) is 5.26 Å². The molecule has 1 amide bonds. The number of aryl methyl sites for hydroxylation is 1. The third-order valence-electron chi connectivity index (χ3n) is 3.35. The Morgan fingerprint density at radius 3 is 2.65 bits per heavy atom. The summed E-state index contributed by atoms with van der Waals surface area (Å²) in [7, 11) is 0. The standard InChI is InChI=1S/C15H20FN3O/c1-10(2)15(4,9-17)19-14(20)8-18-13-6-5-11(3)7-12(13)16/h5-7,10,18H,8H2,1-4H3,(H,19,20)/t15-/m1/s1. The molecule has 1 rings (SSSR count). The number of rotatable bonds is 5. The van der Waals surface area contributed by atoms with Crippen molar-refractivity contribution >= 4 is 11.6 Å². The monoisotopic (exact) mass is 277 g/mol. The van der Waals surface area contributed by atoms with Crippen molar-refractivity contribution in [2.45, 2.75) is 33.2 Å². The molecule has 0 radical (unpaired) electrons. The van der Waals surface area contributed by atoms with Gasteiger partial charge in [0, 0.05) is 0 Å². The molecule has 0 bridgehead atoms. The molecule has 0 saturated heterocycles. The van der Waals surface area contributed by atoms with E-state index < -0.39 is 11.4 Å². The van der Waals surface area contributed by atoms with Crippen LogP contribution in [0.2, 0.25) is 0 Å². The second kappa shape index (κ2) is 6.38. The fraction of sp³-hybridized carbons (Fsp3) is 0.467. The molecule has 1 aromatic rings. The molecular formula is C15H20FN3O. The molecule has 1 atom stereocenters. The van der Waals surface area contributed by atoms with Crippen LogP contribution in [0.15, 0.2) is 18.2 Å². The van der Waals surface area contributed by atoms with Crippen LogP contribution in [0.25, 0.3) is 0 Å². The topological polar surface area (TPSA) is 64.9 Å². The van der Waals surface area contributed by atoms with E-state index in [1.807, 2.05) is 13.8 Å². The number of carbonyl (C=O) groups excluding carboxylic acids is 1. The Labute approximate surface area is 119 Å². The Bertz CT molecular complexity index is 536. The molecule has 0 aliphatic heterocycles. The van der Waals surface area contributed by atoms with Crippen molar-refractivity contribution < 1.29 is 9.18 Å². The number of anilines is 1. The Kier molecular flexibility index (Phi) is 5.09. The maximum Gasteiger partial charge on any atom is 0.240 e. The predicted molar refractivity (Wildman–Crippen MR) is 76.6 cm³/mol. The number of hydrogen-bond acceptors (Lipinski definition) is 3. The third-order valence-corrected chi connectivity index (χ3v) is 3.35. The summed E-state index contributed by atoms with van der Waals surface area (Å²) < 4.78 is 13.6. The number of nitrogens with one attached hydrogen (secondary N) is 2. The zero-order valence-electron chi connectivity index (χ0n) is 12.2. The molecule has 0 aliphatic rings. The summed E-state index contributed by atoms with van der Waals surface area (Å²) in [5, 5.41) is 14.5. The van der Waals surface area contributed by atoms with Gasteiger partial charge < -0.3 is 10.6 Å². The molecule has 0 saturated carbocycles. The lowest BCUT2D eigenvalue weighted by Crippen LogP contribution is -2.50. The van der Waals surface area contributed by atoms with Gasteiger partial charge in [-0.3, -0.25) is 4.79 Å². The van der Waals surface area contributed by atoms with Crippen LogP contribution >= 0.6 is 0 Å². The average Bonchev–Trinajstić information content (AvgIpc) is 2.37. The molecule has 1 aromatic carbocycles. The van der Waals surface area contributed by atoms with Crippen LogP contribution in [-0.4, -0.2) is 18.0 Å². The Balaban J connectivity index is 2.62. The zero-order chi connectivity index (χ0) is 15.3. The highest BCUT2D eigenvalue weighted by Gasteiger charge is 2.29. The van der Waals surface area contributed by atoms with E-state index in [1.54, 1.807) is 26.0 Å². The van der Waals surface area contributed by atoms with E-state index >= 15 is 0 Å². The zero-order valence-corrected chi connectivity index (χ0v) is 12.2. The van der Waals surface area contributed by atoms with Crippen LogP contribution in [0.4, 0.5) is 10.1 Å². The first kappa shape index (κ1) is 16.0. The molecule has 4 nitrogen and oxygen atoms in total. The molecule has 0 aromatic heterocycles. The van der Waals surface area contributed by atoms with Gasteiger partial charge in [0.25, 0.3) is 0 Å². The summed E-state index contributed by atoms with van der Waals surface area (Å²) in [5.41, 5.74) is 0.160. The van der Waals surface area contributed by atoms with Crippen LogP contribution in [0.5, 0.6) is 0 Å². The molecule has 0 spiro atoms. The fourth-order valence-corrected chi connectivity index (χ4v) is 1.57. The second-order valence-corrected chi connectivity index (χ2v) is 5.35. The minimum absolute atomic E-state index is 0.0208. The molecule has 0 aliphatic carbocycles. The van der Waals surface area contributed by atoms with Gasteiger partial charge in [-0.25, -0.2) is 4.39 Å². The normalized spacial score (nSPS) is 13.4. The summed E-state index contributed by atoms with van der Waals surface area (Å²) in [5.74, 6) is -0.764. The summed E-state index contributed by atoms with van der Waals surface area (Å²) in [6.45, 7) is 7.10. The van der Waals surface area contributed by atoms with E-state index in [-0.39, 0.29) is 24.1 Å². The van der Waals surface area contributed by atoms with Gasteiger partial charge in [0.2, 0.25) is 5.91 Å². The van der Waals surface area contributed by atoms with Gasteiger partial charge >= 0.3 is 0 Å². The first-order valence-corrected chi connectivity index (χ1v) is 6.51. The van der Waals surface area contributed by atoms with Crippen LogP contribution in [0.3, 0.4) is 0 Å². The number of nitriles is 1. The molecule has 20 heavy (non-hydrogen) atoms. The van der Waals surface area contributed by atoms with Crippen molar-refractivity contribution in [2.24, 2.45) is 5.92 Å². The fourth-order valence-electron chi connectivity index (χ4n) is 1.57. The minimum atomic E-state index is -0.926. The first-order valence-electron chi connectivity index (χ1n) is 6.51. The lowest BCUT2D eigenvalue weighted by atomic mass is 9.90. The smallest absolute Gasteiger partial charge is 0.240 e. The van der Waals surface area contributed by atoms with Gasteiger partial charge in [-0.1, -0.05) is 19.9 Å². The second-order valence-electron chi connectivity index (χ2n) is 5.35. The van der Waals surface area contributed by atoms with E-state index in [0.29, 0.717) is 0 Å². The Hall–Kier alpha value is -2.09. The van der Waals surface area contributed by atoms with Gasteiger partial charge in [0.1, 0.15) is 11.4 Å². The first-order chi connectivity index (χ1) is 9.28. The lowest BCUT2D eigenvalue weighted by molar-refractivity contribution is -0.121. The van der Waals surface area contributed by atoms with E-state index in [0.717, 1.165) is 5.56 Å². The van der Waals surface area contributed by atoms with Crippen molar-refractivity contribution in [1.29, 1.82) is 5.26 Å². The highest BCUT2D eigenvalue weighted by molar-refractivity contribution is 5.81. The highest BCUT2D eigenvalue weighted by atomic mass is 19.1. The van der Waals surface area contributed by atoms with Crippen molar-refractivity contribution in [3.8, 4) is 6.07 Å². The van der Waals surface area contributed by atoms with Crippen molar-refractivity contribution in [3.05, 3.63) is 29.6 Å². The van der Waals surface area contributed by atoms with Crippen LogP contribution in [0.1, 0.15) is 26.3 Å². The summed E-state index contributed by atoms with van der Waals surface area (Å²) in [4.78, 5) is 11.8. The van der Waals surface area contributed by atoms with E-state index in [9.17, 15) is 9.18 Å². The molecule has 0 fully saturated rings. The number of hydrogen-bond donors (Lipinski definition) is 2. The average molecular weight is 277 g/mol. The largest absolute Gasteiger partial charge is 0.374 e. The van der Waals surface area contributed by atoms with Gasteiger partial charge in [0.05, 0.1) is 18.3 Å². The van der Waals surface area contributed by atoms with Crippen LogP contribution in [0, 0.1) is 30.0 Å². The van der Waals surface area contributed by atoms with Gasteiger partial charge in [0.15, 0.2) is 0 Å². The SMILES string of the molecule is Cc1ccc(NCC(=O)N[C@](C)(C#N)C(C)C)c(F)c1. The summed E-state index contributed by atoms with van der Waals surface area (Å²) >= 11 is 0. The number of carbonyl (C=O) groups is 1. The van der Waals surface area contributed by atoms with Crippen molar-refractivity contribution in [1.82, 2.24) is 5.32 Å². The molecule has 108 valence electrons. The predicted octanol–water partition coefficient (Wildman–Crippen LogP) is 2.60. The Morgan fingerprint density at radius 1 is 1.50 bits per heavy atom. The van der Waals surface area contributed by atoms with Crippen molar-refractivity contribution in [2.75, 3.05) is 11.9 Å². The van der Waals surface area contributed by atoms with E-state index in [1.165, 1.54) is 6.07 Å². The molecule has 5 heteroatoms. The maximum atomic E-state index is 13.6. The maximum absolute atomic E-state index is 13.6. The highest BCUT2D eigenvalue weighted by Crippen LogP contribution is 2.16. The van der Waals surface area contributed by atoms with Gasteiger partial charge in [-0.15, -0.1) is 0 Å². The van der Waals surface area contributed by atoms with E-state index in [2.05, 4.69) is 16.7 Å². The quantitative estimate of drug-likeness (QED) is 0.869. The Morgan fingerprint density at radius 2 is 2.15 bits per heavy atom. The molecule has 0 heterocycles. The minimum Gasteiger partial charge on any atom is -0.374 e. The van der Waals surface area contributed by atoms with Crippen molar-refractivity contribution in [3.63, 3.8) is 0 Å². The lowest BCUT2D eigenvalue weighted by Gasteiger charge is -2.27. The number of amides is 1. The van der Waals surface area contributed by atoms with Crippen LogP contribution < -0.4 is 10.6 Å². The number of halogens is 1. The number of nitrogens with zero attached hydrogens (tertiary/aromatic N) is 1.